The van der Waals surface area contributed by atoms with Crippen molar-refractivity contribution < 1.29 is 23.0 Å². The molecule has 0 aromatic heterocycles. The van der Waals surface area contributed by atoms with Gasteiger partial charge in [0.15, 0.2) is 11.6 Å². The van der Waals surface area contributed by atoms with E-state index < -0.39 is 17.6 Å². The molecule has 0 amide bonds. The molecule has 0 aliphatic carbocycles. The monoisotopic (exact) mass is 278 g/mol. The molecule has 3 nitrogen and oxygen atoms in total. The van der Waals surface area contributed by atoms with Crippen LogP contribution in [-0.2, 0) is 11.3 Å². The molecule has 0 fully saturated rings. The molecular formula is C15H12F2O3. The summed E-state index contributed by atoms with van der Waals surface area (Å²) in [6.45, 7) is 0.187. The van der Waals surface area contributed by atoms with Crippen LogP contribution in [0.2, 0.25) is 0 Å². The van der Waals surface area contributed by atoms with Gasteiger partial charge in [-0.15, -0.1) is 0 Å². The molecule has 0 spiro atoms. The van der Waals surface area contributed by atoms with Gasteiger partial charge >= 0.3 is 5.97 Å². The van der Waals surface area contributed by atoms with Crippen LogP contribution in [0.25, 0.3) is 0 Å². The van der Waals surface area contributed by atoms with Crippen LogP contribution in [-0.4, -0.2) is 13.1 Å². The normalized spacial score (nSPS) is 10.2. The van der Waals surface area contributed by atoms with Crippen molar-refractivity contribution >= 4 is 5.97 Å². The molecule has 0 bridgehead atoms. The Morgan fingerprint density at radius 3 is 2.35 bits per heavy atom. The lowest BCUT2D eigenvalue weighted by Crippen LogP contribution is -2.02. The number of methoxy groups -OCH3 is 1. The first-order valence-corrected chi connectivity index (χ1v) is 5.85. The van der Waals surface area contributed by atoms with Crippen LogP contribution >= 0.6 is 0 Å². The first kappa shape index (κ1) is 14.0. The summed E-state index contributed by atoms with van der Waals surface area (Å²) in [7, 11) is 1.31. The second kappa shape index (κ2) is 6.14. The molecular weight excluding hydrogens is 266 g/mol. The van der Waals surface area contributed by atoms with E-state index in [1.54, 1.807) is 24.3 Å². The van der Waals surface area contributed by atoms with Gasteiger partial charge < -0.3 is 9.47 Å². The van der Waals surface area contributed by atoms with Crippen LogP contribution in [0, 0.1) is 11.6 Å². The summed E-state index contributed by atoms with van der Waals surface area (Å²) in [5, 5.41) is 0. The fraction of sp³-hybridized carbons (Fsp3) is 0.133. The minimum atomic E-state index is -0.955. The van der Waals surface area contributed by atoms with Crippen molar-refractivity contribution in [2.24, 2.45) is 0 Å². The predicted molar refractivity (Wildman–Crippen MR) is 68.5 cm³/mol. The Kier molecular flexibility index (Phi) is 4.30. The highest BCUT2D eigenvalue weighted by atomic mass is 19.2. The van der Waals surface area contributed by atoms with Crippen molar-refractivity contribution in [2.45, 2.75) is 6.61 Å². The first-order valence-electron chi connectivity index (χ1n) is 5.85. The molecule has 0 aliphatic heterocycles. The van der Waals surface area contributed by atoms with E-state index >= 15 is 0 Å². The minimum absolute atomic E-state index is 0.187. The summed E-state index contributed by atoms with van der Waals surface area (Å²) in [5.74, 6) is -2.05. The van der Waals surface area contributed by atoms with Crippen LogP contribution in [0.4, 0.5) is 8.78 Å². The van der Waals surface area contributed by atoms with Crippen molar-refractivity contribution in [2.75, 3.05) is 7.11 Å². The molecule has 0 N–H and O–H groups in total. The molecule has 0 saturated carbocycles. The highest BCUT2D eigenvalue weighted by Crippen LogP contribution is 2.17. The molecule has 2 aromatic carbocycles. The zero-order valence-electron chi connectivity index (χ0n) is 10.7. The first-order chi connectivity index (χ1) is 9.60. The maximum absolute atomic E-state index is 13.0. The number of rotatable bonds is 4. The van der Waals surface area contributed by atoms with Gasteiger partial charge in [-0.3, -0.25) is 0 Å². The fourth-order valence-corrected chi connectivity index (χ4v) is 1.59. The van der Waals surface area contributed by atoms with Crippen molar-refractivity contribution in [3.05, 3.63) is 65.2 Å². The van der Waals surface area contributed by atoms with Gasteiger partial charge in [0.05, 0.1) is 12.7 Å². The largest absolute Gasteiger partial charge is 0.489 e. The third kappa shape index (κ3) is 3.32. The van der Waals surface area contributed by atoms with Gasteiger partial charge in [0, 0.05) is 6.07 Å². The molecule has 0 radical (unpaired) electrons. The number of esters is 1. The van der Waals surface area contributed by atoms with Gasteiger partial charge in [-0.25, -0.2) is 13.6 Å². The van der Waals surface area contributed by atoms with Crippen molar-refractivity contribution in [1.82, 2.24) is 0 Å². The van der Waals surface area contributed by atoms with E-state index in [0.717, 1.165) is 17.7 Å². The second-order valence-electron chi connectivity index (χ2n) is 4.05. The lowest BCUT2D eigenvalue weighted by atomic mass is 10.1. The van der Waals surface area contributed by atoms with E-state index in [9.17, 15) is 13.6 Å². The zero-order chi connectivity index (χ0) is 14.5. The minimum Gasteiger partial charge on any atom is -0.489 e. The predicted octanol–water partition coefficient (Wildman–Crippen LogP) is 3.33. The molecule has 0 unspecified atom stereocenters. The highest BCUT2D eigenvalue weighted by Gasteiger charge is 2.06. The quantitative estimate of drug-likeness (QED) is 0.805. The number of carbonyl (C=O) groups excluding carboxylic acids is 1. The van der Waals surface area contributed by atoms with E-state index in [-0.39, 0.29) is 12.4 Å². The molecule has 20 heavy (non-hydrogen) atoms. The molecule has 2 rings (SSSR count). The van der Waals surface area contributed by atoms with E-state index in [1.807, 2.05) is 0 Å². The van der Waals surface area contributed by atoms with Crippen molar-refractivity contribution in [3.63, 3.8) is 0 Å². The average Bonchev–Trinajstić information content (AvgIpc) is 2.48. The Hall–Kier alpha value is -2.43. The number of ether oxygens (including phenoxy) is 2. The maximum atomic E-state index is 13.0. The van der Waals surface area contributed by atoms with Crippen molar-refractivity contribution in [3.8, 4) is 5.75 Å². The van der Waals surface area contributed by atoms with Crippen LogP contribution in [0.15, 0.2) is 42.5 Å². The number of benzene rings is 2. The number of carbonyl (C=O) groups is 1. The Balaban J connectivity index is 2.00. The number of hydrogen-bond acceptors (Lipinski definition) is 3. The average molecular weight is 278 g/mol. The second-order valence-corrected chi connectivity index (χ2v) is 4.05. The van der Waals surface area contributed by atoms with Crippen LogP contribution in [0.1, 0.15) is 15.9 Å². The fourth-order valence-electron chi connectivity index (χ4n) is 1.59. The third-order valence-electron chi connectivity index (χ3n) is 2.67. The Morgan fingerprint density at radius 1 is 1.05 bits per heavy atom. The van der Waals surface area contributed by atoms with Gasteiger partial charge in [0.2, 0.25) is 0 Å². The van der Waals surface area contributed by atoms with Crippen LogP contribution in [0.3, 0.4) is 0 Å². The van der Waals surface area contributed by atoms with Crippen molar-refractivity contribution in [1.29, 1.82) is 0 Å². The van der Waals surface area contributed by atoms with Gasteiger partial charge in [0.1, 0.15) is 12.4 Å². The van der Waals surface area contributed by atoms with E-state index in [4.69, 9.17) is 4.74 Å². The van der Waals surface area contributed by atoms with Gasteiger partial charge in [-0.05, 0) is 29.8 Å². The number of hydrogen-bond donors (Lipinski definition) is 0. The maximum Gasteiger partial charge on any atom is 0.337 e. The molecule has 104 valence electrons. The summed E-state index contributed by atoms with van der Waals surface area (Å²) in [5.41, 5.74) is 1.23. The Labute approximate surface area is 114 Å². The lowest BCUT2D eigenvalue weighted by Gasteiger charge is -2.07. The highest BCUT2D eigenvalue weighted by molar-refractivity contribution is 5.89. The summed E-state index contributed by atoms with van der Waals surface area (Å²) < 4.78 is 35.6. The molecule has 5 heteroatoms. The Morgan fingerprint density at radius 2 is 1.75 bits per heavy atom. The standard InChI is InChI=1S/C15H12F2O3/c1-19-15(18)11-4-2-10(3-5-11)9-20-12-6-7-13(16)14(17)8-12/h2-8H,9H2,1H3. The zero-order valence-corrected chi connectivity index (χ0v) is 10.7. The van der Waals surface area contributed by atoms with Gasteiger partial charge in [-0.1, -0.05) is 12.1 Å². The molecule has 0 aliphatic rings. The topological polar surface area (TPSA) is 35.5 Å². The van der Waals surface area contributed by atoms with E-state index in [2.05, 4.69) is 4.74 Å². The van der Waals surface area contributed by atoms with Crippen LogP contribution < -0.4 is 4.74 Å². The van der Waals surface area contributed by atoms with Gasteiger partial charge in [-0.2, -0.15) is 0 Å². The third-order valence-corrected chi connectivity index (χ3v) is 2.67. The summed E-state index contributed by atoms with van der Waals surface area (Å²) in [6, 6.07) is 9.95. The lowest BCUT2D eigenvalue weighted by molar-refractivity contribution is 0.0600. The van der Waals surface area contributed by atoms with E-state index in [1.165, 1.54) is 13.2 Å². The summed E-state index contributed by atoms with van der Waals surface area (Å²) >= 11 is 0. The summed E-state index contributed by atoms with van der Waals surface area (Å²) in [6.07, 6.45) is 0. The molecule has 0 atom stereocenters. The molecule has 0 heterocycles. The van der Waals surface area contributed by atoms with E-state index in [0.29, 0.717) is 5.56 Å². The summed E-state index contributed by atoms with van der Waals surface area (Å²) in [4.78, 5) is 11.2. The Bertz CT molecular complexity index is 609. The van der Waals surface area contributed by atoms with Crippen LogP contribution in [0.5, 0.6) is 5.75 Å². The SMILES string of the molecule is COC(=O)c1ccc(COc2ccc(F)c(F)c2)cc1. The number of halogens is 2. The molecule has 2 aromatic rings. The van der Waals surface area contributed by atoms with Gasteiger partial charge in [0.25, 0.3) is 0 Å². The molecule has 0 saturated heterocycles. The smallest absolute Gasteiger partial charge is 0.337 e.